The lowest BCUT2D eigenvalue weighted by Gasteiger charge is -2.09. The summed E-state index contributed by atoms with van der Waals surface area (Å²) in [6, 6.07) is 14.4. The number of rotatable bonds is 2. The molecule has 0 aliphatic rings. The number of halogens is 1. The van der Waals surface area contributed by atoms with E-state index < -0.39 is 0 Å². The van der Waals surface area contributed by atoms with Crippen LogP contribution in [0.15, 0.2) is 53.9 Å². The number of thiazole rings is 1. The van der Waals surface area contributed by atoms with Gasteiger partial charge in [-0.25, -0.2) is 4.39 Å². The Balaban J connectivity index is 2.17. The number of hydrogen-bond acceptors (Lipinski definition) is 2. The van der Waals surface area contributed by atoms with E-state index in [9.17, 15) is 4.39 Å². The largest absolute Gasteiger partial charge is 0.286 e. The second kappa shape index (κ2) is 5.06. The van der Waals surface area contributed by atoms with Crippen LogP contribution < -0.4 is 4.80 Å². The van der Waals surface area contributed by atoms with Gasteiger partial charge < -0.3 is 0 Å². The van der Waals surface area contributed by atoms with Crippen LogP contribution in [0, 0.1) is 18.2 Å². The Labute approximate surface area is 120 Å². The van der Waals surface area contributed by atoms with Crippen molar-refractivity contribution in [2.75, 3.05) is 0 Å². The van der Waals surface area contributed by atoms with Crippen molar-refractivity contribution in [2.45, 2.75) is 6.92 Å². The topological polar surface area (TPSA) is 28.8 Å². The van der Waals surface area contributed by atoms with Gasteiger partial charge in [-0.1, -0.05) is 29.8 Å². The summed E-state index contributed by atoms with van der Waals surface area (Å²) in [6.07, 6.45) is 0. The molecule has 1 N–H and O–H groups in total. The number of aryl methyl sites for hydroxylation is 1. The van der Waals surface area contributed by atoms with Gasteiger partial charge in [-0.3, -0.25) is 9.98 Å². The fraction of sp³-hybridized carbons (Fsp3) is 0.0625. The molecule has 3 aromatic rings. The Hall–Kier alpha value is -2.20. The normalized spacial score (nSPS) is 10.7. The van der Waals surface area contributed by atoms with Crippen molar-refractivity contribution < 1.29 is 4.39 Å². The molecular weight excluding hydrogens is 271 g/mol. The number of aromatic nitrogens is 1. The van der Waals surface area contributed by atoms with Gasteiger partial charge in [0.25, 0.3) is 0 Å². The molecule has 100 valence electrons. The zero-order valence-electron chi connectivity index (χ0n) is 10.9. The third kappa shape index (κ3) is 2.30. The Kier molecular flexibility index (Phi) is 3.24. The summed E-state index contributed by atoms with van der Waals surface area (Å²) in [5, 5.41) is 10.0. The van der Waals surface area contributed by atoms with Gasteiger partial charge in [0.15, 0.2) is 4.80 Å². The minimum atomic E-state index is -0.270. The van der Waals surface area contributed by atoms with Crippen molar-refractivity contribution in [2.24, 2.45) is 0 Å². The molecule has 4 heteroatoms. The van der Waals surface area contributed by atoms with Crippen LogP contribution in [0.25, 0.3) is 16.9 Å². The fourth-order valence-electron chi connectivity index (χ4n) is 2.09. The maximum atomic E-state index is 13.0. The highest BCUT2D eigenvalue weighted by Crippen LogP contribution is 2.23. The molecule has 0 fully saturated rings. The van der Waals surface area contributed by atoms with E-state index in [1.54, 1.807) is 12.1 Å². The zero-order valence-corrected chi connectivity index (χ0v) is 11.7. The van der Waals surface area contributed by atoms with Gasteiger partial charge in [0.1, 0.15) is 5.82 Å². The minimum Gasteiger partial charge on any atom is -0.286 e. The SMILES string of the molecule is Cc1ccc(-c2csc(=N)n2-c2ccc(F)cc2)cc1. The summed E-state index contributed by atoms with van der Waals surface area (Å²) in [5.74, 6) is -0.270. The predicted octanol–water partition coefficient (Wildman–Crippen LogP) is 4.13. The molecule has 20 heavy (non-hydrogen) atoms. The quantitative estimate of drug-likeness (QED) is 0.733. The second-order valence-corrected chi connectivity index (χ2v) is 5.46. The van der Waals surface area contributed by atoms with E-state index >= 15 is 0 Å². The van der Waals surface area contributed by atoms with Gasteiger partial charge in [-0.05, 0) is 36.8 Å². The molecule has 0 atom stereocenters. The van der Waals surface area contributed by atoms with Gasteiger partial charge in [-0.2, -0.15) is 0 Å². The highest BCUT2D eigenvalue weighted by Gasteiger charge is 2.09. The molecule has 0 aliphatic heterocycles. The Morgan fingerprint density at radius 2 is 1.65 bits per heavy atom. The standard InChI is InChI=1S/C16H13FN2S/c1-11-2-4-12(5-3-11)15-10-20-16(18)19(15)14-8-6-13(17)7-9-14/h2-10,18H,1H3. The molecule has 1 aromatic heterocycles. The second-order valence-electron chi connectivity index (χ2n) is 4.60. The van der Waals surface area contributed by atoms with Gasteiger partial charge in [0.2, 0.25) is 0 Å². The van der Waals surface area contributed by atoms with E-state index in [4.69, 9.17) is 5.41 Å². The number of nitrogens with zero attached hydrogens (tertiary/aromatic N) is 1. The fourth-order valence-corrected chi connectivity index (χ4v) is 2.87. The first-order valence-corrected chi connectivity index (χ1v) is 7.11. The zero-order chi connectivity index (χ0) is 14.1. The van der Waals surface area contributed by atoms with Crippen LogP contribution in [-0.4, -0.2) is 4.57 Å². The van der Waals surface area contributed by atoms with Crippen molar-refractivity contribution in [3.05, 3.63) is 70.1 Å². The van der Waals surface area contributed by atoms with E-state index in [2.05, 4.69) is 0 Å². The Bertz CT molecular complexity index is 783. The number of benzene rings is 2. The van der Waals surface area contributed by atoms with E-state index in [0.29, 0.717) is 4.80 Å². The maximum Gasteiger partial charge on any atom is 0.187 e. The lowest BCUT2D eigenvalue weighted by atomic mass is 10.1. The number of hydrogen-bond donors (Lipinski definition) is 1. The first-order valence-electron chi connectivity index (χ1n) is 6.23. The number of nitrogens with one attached hydrogen (secondary N) is 1. The molecule has 1 heterocycles. The lowest BCUT2D eigenvalue weighted by Crippen LogP contribution is -2.12. The molecular formula is C16H13FN2S. The summed E-state index contributed by atoms with van der Waals surface area (Å²) in [6.45, 7) is 2.04. The van der Waals surface area contributed by atoms with Crippen LogP contribution in [0.4, 0.5) is 4.39 Å². The van der Waals surface area contributed by atoms with Crippen LogP contribution in [0.2, 0.25) is 0 Å². The highest BCUT2D eigenvalue weighted by molar-refractivity contribution is 7.07. The maximum absolute atomic E-state index is 13.0. The van der Waals surface area contributed by atoms with Crippen molar-refractivity contribution in [1.29, 1.82) is 5.41 Å². The summed E-state index contributed by atoms with van der Waals surface area (Å²) < 4.78 is 14.9. The van der Waals surface area contributed by atoms with Gasteiger partial charge in [-0.15, -0.1) is 11.3 Å². The van der Waals surface area contributed by atoms with E-state index in [1.165, 1.54) is 29.0 Å². The Morgan fingerprint density at radius 1 is 1.00 bits per heavy atom. The third-order valence-electron chi connectivity index (χ3n) is 3.16. The molecule has 0 spiro atoms. The van der Waals surface area contributed by atoms with Crippen molar-refractivity contribution >= 4 is 11.3 Å². The van der Waals surface area contributed by atoms with Crippen LogP contribution in [-0.2, 0) is 0 Å². The highest BCUT2D eigenvalue weighted by atomic mass is 32.1. The van der Waals surface area contributed by atoms with Gasteiger partial charge in [0, 0.05) is 11.1 Å². The summed E-state index contributed by atoms with van der Waals surface area (Å²) >= 11 is 1.36. The molecule has 3 rings (SSSR count). The average molecular weight is 284 g/mol. The van der Waals surface area contributed by atoms with E-state index in [0.717, 1.165) is 16.9 Å². The van der Waals surface area contributed by atoms with Crippen molar-refractivity contribution in [3.63, 3.8) is 0 Å². The van der Waals surface area contributed by atoms with Crippen LogP contribution in [0.1, 0.15) is 5.56 Å². The van der Waals surface area contributed by atoms with E-state index in [1.807, 2.05) is 41.1 Å². The lowest BCUT2D eigenvalue weighted by molar-refractivity contribution is 0.627. The first-order chi connectivity index (χ1) is 9.65. The molecule has 0 bridgehead atoms. The average Bonchev–Trinajstić information content (AvgIpc) is 2.83. The molecule has 0 saturated carbocycles. The molecule has 0 aliphatic carbocycles. The predicted molar refractivity (Wildman–Crippen MR) is 79.6 cm³/mol. The van der Waals surface area contributed by atoms with Crippen LogP contribution in [0.3, 0.4) is 0 Å². The molecule has 0 unspecified atom stereocenters. The summed E-state index contributed by atoms with van der Waals surface area (Å²) in [5.41, 5.74) is 4.00. The Morgan fingerprint density at radius 3 is 2.30 bits per heavy atom. The molecule has 0 saturated heterocycles. The summed E-state index contributed by atoms with van der Waals surface area (Å²) in [4.78, 5) is 0.423. The van der Waals surface area contributed by atoms with Crippen molar-refractivity contribution in [1.82, 2.24) is 4.57 Å². The van der Waals surface area contributed by atoms with Crippen LogP contribution in [0.5, 0.6) is 0 Å². The van der Waals surface area contributed by atoms with Crippen molar-refractivity contribution in [3.8, 4) is 16.9 Å². The van der Waals surface area contributed by atoms with Gasteiger partial charge >= 0.3 is 0 Å². The minimum absolute atomic E-state index is 0.270. The third-order valence-corrected chi connectivity index (χ3v) is 3.91. The molecule has 2 aromatic carbocycles. The smallest absolute Gasteiger partial charge is 0.187 e. The van der Waals surface area contributed by atoms with Gasteiger partial charge in [0.05, 0.1) is 5.69 Å². The van der Waals surface area contributed by atoms with E-state index in [-0.39, 0.29) is 5.82 Å². The molecule has 0 radical (unpaired) electrons. The first kappa shape index (κ1) is 12.8. The molecule has 0 amide bonds. The summed E-state index contributed by atoms with van der Waals surface area (Å²) in [7, 11) is 0. The molecule has 2 nitrogen and oxygen atoms in total. The monoisotopic (exact) mass is 284 g/mol. The van der Waals surface area contributed by atoms with Crippen LogP contribution >= 0.6 is 11.3 Å².